The van der Waals surface area contributed by atoms with Crippen LogP contribution < -0.4 is 4.74 Å². The molecule has 0 saturated heterocycles. The largest absolute Gasteiger partial charge is 0.573 e. The normalized spacial score (nSPS) is 11.1. The molecular weight excluding hydrogens is 400 g/mol. The molecule has 110 valence electrons. The zero-order valence-corrected chi connectivity index (χ0v) is 11.9. The summed E-state index contributed by atoms with van der Waals surface area (Å²) in [5.41, 5.74) is -1.45. The van der Waals surface area contributed by atoms with E-state index in [4.69, 9.17) is 0 Å². The molecule has 0 N–H and O–H groups in total. The van der Waals surface area contributed by atoms with Crippen molar-refractivity contribution in [3.8, 4) is 5.75 Å². The summed E-state index contributed by atoms with van der Waals surface area (Å²) in [6, 6.07) is 0. The number of nitro groups is 1. The van der Waals surface area contributed by atoms with Crippen molar-refractivity contribution in [1.82, 2.24) is 4.98 Å². The SMILES string of the molecule is CCOC(=O)c1ncc(OC(F)(F)F)c([N+](=O)[O-])c1I. The zero-order chi connectivity index (χ0) is 15.5. The molecule has 0 bridgehead atoms. The smallest absolute Gasteiger partial charge is 0.461 e. The van der Waals surface area contributed by atoms with E-state index in [0.717, 1.165) is 0 Å². The highest BCUT2D eigenvalue weighted by atomic mass is 127. The van der Waals surface area contributed by atoms with Crippen LogP contribution in [-0.2, 0) is 4.74 Å². The number of esters is 1. The van der Waals surface area contributed by atoms with Crippen LogP contribution in [0.25, 0.3) is 0 Å². The Hall–Kier alpha value is -1.66. The maximum absolute atomic E-state index is 12.1. The standard InChI is InChI=1S/C9H6F3IN2O5/c1-2-19-8(16)6-5(13)7(15(17)18)4(3-14-6)20-9(10,11)12/h3H,2H2,1H3. The molecule has 0 fully saturated rings. The van der Waals surface area contributed by atoms with Gasteiger partial charge in [0.1, 0.15) is 3.57 Å². The fraction of sp³-hybridized carbons (Fsp3) is 0.333. The van der Waals surface area contributed by atoms with Crippen molar-refractivity contribution >= 4 is 34.2 Å². The Morgan fingerprint density at radius 1 is 1.55 bits per heavy atom. The van der Waals surface area contributed by atoms with Crippen LogP contribution in [0.4, 0.5) is 18.9 Å². The molecule has 0 unspecified atom stereocenters. The van der Waals surface area contributed by atoms with Gasteiger partial charge in [-0.15, -0.1) is 13.2 Å². The van der Waals surface area contributed by atoms with E-state index in [0.29, 0.717) is 6.20 Å². The Bertz CT molecular complexity index is 549. The van der Waals surface area contributed by atoms with Crippen LogP contribution in [-0.4, -0.2) is 28.8 Å². The van der Waals surface area contributed by atoms with E-state index in [2.05, 4.69) is 14.5 Å². The number of carbonyl (C=O) groups excluding carboxylic acids is 1. The molecule has 20 heavy (non-hydrogen) atoms. The predicted molar refractivity (Wildman–Crippen MR) is 66.2 cm³/mol. The van der Waals surface area contributed by atoms with Crippen molar-refractivity contribution in [1.29, 1.82) is 0 Å². The number of hydrogen-bond acceptors (Lipinski definition) is 6. The van der Waals surface area contributed by atoms with Crippen LogP contribution in [0.1, 0.15) is 17.4 Å². The van der Waals surface area contributed by atoms with Crippen molar-refractivity contribution < 1.29 is 32.4 Å². The second-order valence-corrected chi connectivity index (χ2v) is 4.24. The van der Waals surface area contributed by atoms with E-state index < -0.39 is 38.0 Å². The van der Waals surface area contributed by atoms with E-state index >= 15 is 0 Å². The van der Waals surface area contributed by atoms with Crippen LogP contribution in [0, 0.1) is 13.7 Å². The number of rotatable bonds is 4. The molecule has 1 heterocycles. The number of nitrogens with zero attached hydrogens (tertiary/aromatic N) is 2. The lowest BCUT2D eigenvalue weighted by Gasteiger charge is -2.10. The third-order valence-electron chi connectivity index (χ3n) is 1.84. The fourth-order valence-electron chi connectivity index (χ4n) is 1.17. The second-order valence-electron chi connectivity index (χ2n) is 3.16. The fourth-order valence-corrected chi connectivity index (χ4v) is 1.99. The first kappa shape index (κ1) is 16.4. The van der Waals surface area contributed by atoms with Gasteiger partial charge in [0.25, 0.3) is 0 Å². The second kappa shape index (κ2) is 6.19. The average molecular weight is 406 g/mol. The van der Waals surface area contributed by atoms with Crippen LogP contribution in [0.5, 0.6) is 5.75 Å². The lowest BCUT2D eigenvalue weighted by molar-refractivity contribution is -0.389. The molecule has 0 aliphatic rings. The van der Waals surface area contributed by atoms with E-state index in [1.54, 1.807) is 0 Å². The quantitative estimate of drug-likeness (QED) is 0.331. The Balaban J connectivity index is 3.34. The summed E-state index contributed by atoms with van der Waals surface area (Å²) in [4.78, 5) is 24.6. The lowest BCUT2D eigenvalue weighted by Crippen LogP contribution is -2.19. The van der Waals surface area contributed by atoms with Gasteiger partial charge in [0.2, 0.25) is 5.75 Å². The van der Waals surface area contributed by atoms with Gasteiger partial charge in [-0.25, -0.2) is 9.78 Å². The minimum absolute atomic E-state index is 0.00874. The molecule has 0 atom stereocenters. The van der Waals surface area contributed by atoms with Gasteiger partial charge in [0.05, 0.1) is 17.7 Å². The highest BCUT2D eigenvalue weighted by Crippen LogP contribution is 2.36. The predicted octanol–water partition coefficient (Wildman–Crippen LogP) is 2.67. The average Bonchev–Trinajstić information content (AvgIpc) is 2.26. The van der Waals surface area contributed by atoms with Gasteiger partial charge in [-0.3, -0.25) is 10.1 Å². The van der Waals surface area contributed by atoms with E-state index in [1.807, 2.05) is 0 Å². The summed E-state index contributed by atoms with van der Waals surface area (Å²) < 4.78 is 44.1. The van der Waals surface area contributed by atoms with Crippen molar-refractivity contribution in [3.63, 3.8) is 0 Å². The summed E-state index contributed by atoms with van der Waals surface area (Å²) in [6.07, 6.45) is -4.65. The summed E-state index contributed by atoms with van der Waals surface area (Å²) in [6.45, 7) is 1.49. The first-order valence-corrected chi connectivity index (χ1v) is 6.01. The van der Waals surface area contributed by atoms with Crippen LogP contribution in [0.3, 0.4) is 0 Å². The number of halogens is 4. The first-order chi connectivity index (χ1) is 9.17. The minimum Gasteiger partial charge on any atom is -0.461 e. The maximum Gasteiger partial charge on any atom is 0.573 e. The molecule has 0 aromatic carbocycles. The molecule has 0 radical (unpaired) electrons. The van der Waals surface area contributed by atoms with Crippen molar-refractivity contribution in [2.45, 2.75) is 13.3 Å². The maximum atomic E-state index is 12.1. The van der Waals surface area contributed by atoms with E-state index in [-0.39, 0.29) is 6.61 Å². The molecule has 11 heteroatoms. The van der Waals surface area contributed by atoms with E-state index in [1.165, 1.54) is 29.5 Å². The van der Waals surface area contributed by atoms with Gasteiger partial charge in [-0.1, -0.05) is 0 Å². The first-order valence-electron chi connectivity index (χ1n) is 4.93. The zero-order valence-electron chi connectivity index (χ0n) is 9.73. The molecule has 7 nitrogen and oxygen atoms in total. The third-order valence-corrected chi connectivity index (χ3v) is 2.86. The summed E-state index contributed by atoms with van der Waals surface area (Å²) >= 11 is 1.34. The Labute approximate surface area is 123 Å². The number of hydrogen-bond donors (Lipinski definition) is 0. The van der Waals surface area contributed by atoms with Crippen LogP contribution in [0.2, 0.25) is 0 Å². The number of carbonyl (C=O) groups is 1. The molecule has 0 amide bonds. The summed E-state index contributed by atoms with van der Waals surface area (Å²) in [5, 5.41) is 10.8. The van der Waals surface area contributed by atoms with Crippen LogP contribution in [0.15, 0.2) is 6.20 Å². The minimum atomic E-state index is -5.11. The van der Waals surface area contributed by atoms with Gasteiger partial charge >= 0.3 is 18.0 Å². The molecule has 0 aliphatic heterocycles. The summed E-state index contributed by atoms with van der Waals surface area (Å²) in [7, 11) is 0. The number of alkyl halides is 3. The topological polar surface area (TPSA) is 91.6 Å². The van der Waals surface area contributed by atoms with E-state index in [9.17, 15) is 28.1 Å². The molecule has 0 spiro atoms. The molecular formula is C9H6F3IN2O5. The molecule has 1 rings (SSSR count). The molecule has 1 aromatic rings. The number of aromatic nitrogens is 1. The highest BCUT2D eigenvalue weighted by Gasteiger charge is 2.37. The van der Waals surface area contributed by atoms with Crippen molar-refractivity contribution in [2.75, 3.05) is 6.61 Å². The Morgan fingerprint density at radius 2 is 2.15 bits per heavy atom. The van der Waals surface area contributed by atoms with Crippen LogP contribution >= 0.6 is 22.6 Å². The van der Waals surface area contributed by atoms with Crippen molar-refractivity contribution in [3.05, 3.63) is 25.6 Å². The molecule has 0 aliphatic carbocycles. The monoisotopic (exact) mass is 406 g/mol. The van der Waals surface area contributed by atoms with Gasteiger partial charge in [-0.2, -0.15) is 0 Å². The number of ether oxygens (including phenoxy) is 2. The third kappa shape index (κ3) is 3.91. The lowest BCUT2D eigenvalue weighted by atomic mass is 10.3. The van der Waals surface area contributed by atoms with Gasteiger partial charge in [0, 0.05) is 0 Å². The molecule has 1 aromatic heterocycles. The van der Waals surface area contributed by atoms with Crippen molar-refractivity contribution in [2.24, 2.45) is 0 Å². The number of pyridine rings is 1. The highest BCUT2D eigenvalue weighted by molar-refractivity contribution is 14.1. The Kier molecular flexibility index (Phi) is 5.08. The van der Waals surface area contributed by atoms with Gasteiger partial charge in [0.15, 0.2) is 5.69 Å². The van der Waals surface area contributed by atoms with Gasteiger partial charge in [-0.05, 0) is 29.5 Å². The summed E-state index contributed by atoms with van der Waals surface area (Å²) in [5.74, 6) is -2.07. The Morgan fingerprint density at radius 3 is 2.60 bits per heavy atom. The van der Waals surface area contributed by atoms with Gasteiger partial charge < -0.3 is 9.47 Å². The molecule has 0 saturated carbocycles.